The molecule has 1 N–H and O–H groups in total. The van der Waals surface area contributed by atoms with Gasteiger partial charge in [-0.25, -0.2) is 4.39 Å². The summed E-state index contributed by atoms with van der Waals surface area (Å²) >= 11 is 5.77. The van der Waals surface area contributed by atoms with Crippen LogP contribution in [0.15, 0.2) is 18.2 Å². The highest BCUT2D eigenvalue weighted by Crippen LogP contribution is 2.28. The largest absolute Gasteiger partial charge is 0.336 e. The maximum absolute atomic E-state index is 13.1. The van der Waals surface area contributed by atoms with Crippen molar-refractivity contribution in [1.29, 1.82) is 0 Å². The van der Waals surface area contributed by atoms with Gasteiger partial charge in [0.25, 0.3) is 0 Å². The number of nitrogens with one attached hydrogen (secondary N) is 1. The van der Waals surface area contributed by atoms with Gasteiger partial charge in [0.15, 0.2) is 0 Å². The Morgan fingerprint density at radius 2 is 2.32 bits per heavy atom. The van der Waals surface area contributed by atoms with E-state index in [1.54, 1.807) is 12.1 Å². The van der Waals surface area contributed by atoms with Crippen LogP contribution in [-0.4, -0.2) is 29.9 Å². The molecule has 1 aromatic carbocycles. The fourth-order valence-corrected chi connectivity index (χ4v) is 3.21. The molecule has 0 radical (unpaired) electrons. The number of benzene rings is 1. The number of hydrogen-bond acceptors (Lipinski definition) is 2. The molecule has 102 valence electrons. The Morgan fingerprint density at radius 3 is 3.05 bits per heavy atom. The standard InChI is InChI=1S/C14H16ClFN2O/c15-11-6-9(3-4-12(11)16)7-18-8-13-10(14(18)19)2-1-5-17-13/h3-4,6,10,13,17H,1-2,5,7-8H2. The third kappa shape index (κ3) is 2.47. The average Bonchev–Trinajstić information content (AvgIpc) is 2.72. The van der Waals surface area contributed by atoms with Gasteiger partial charge in [-0.05, 0) is 37.1 Å². The summed E-state index contributed by atoms with van der Waals surface area (Å²) < 4.78 is 13.1. The van der Waals surface area contributed by atoms with Crippen molar-refractivity contribution in [1.82, 2.24) is 10.2 Å². The van der Waals surface area contributed by atoms with Crippen molar-refractivity contribution in [3.8, 4) is 0 Å². The highest BCUT2D eigenvalue weighted by Gasteiger charge is 2.41. The van der Waals surface area contributed by atoms with Crippen LogP contribution in [0.3, 0.4) is 0 Å². The van der Waals surface area contributed by atoms with Crippen LogP contribution in [0.2, 0.25) is 5.02 Å². The summed E-state index contributed by atoms with van der Waals surface area (Å²) in [5, 5.41) is 3.51. The fraction of sp³-hybridized carbons (Fsp3) is 0.500. The lowest BCUT2D eigenvalue weighted by molar-refractivity contribution is -0.131. The summed E-state index contributed by atoms with van der Waals surface area (Å²) in [5.41, 5.74) is 0.874. The van der Waals surface area contributed by atoms with E-state index in [1.165, 1.54) is 6.07 Å². The lowest BCUT2D eigenvalue weighted by Gasteiger charge is -2.23. The summed E-state index contributed by atoms with van der Waals surface area (Å²) in [6, 6.07) is 4.91. The monoisotopic (exact) mass is 282 g/mol. The van der Waals surface area contributed by atoms with Gasteiger partial charge < -0.3 is 10.2 Å². The molecule has 2 saturated heterocycles. The number of piperidine rings is 1. The zero-order valence-corrected chi connectivity index (χ0v) is 11.3. The lowest BCUT2D eigenvalue weighted by atomic mass is 9.94. The first-order chi connectivity index (χ1) is 9.15. The van der Waals surface area contributed by atoms with E-state index in [0.717, 1.165) is 31.5 Å². The predicted molar refractivity (Wildman–Crippen MR) is 71.3 cm³/mol. The van der Waals surface area contributed by atoms with E-state index in [0.29, 0.717) is 6.54 Å². The number of carbonyl (C=O) groups excluding carboxylic acids is 1. The first-order valence-electron chi connectivity index (χ1n) is 6.61. The Bertz CT molecular complexity index is 508. The van der Waals surface area contributed by atoms with E-state index in [1.807, 2.05) is 4.90 Å². The minimum atomic E-state index is -0.423. The van der Waals surface area contributed by atoms with E-state index in [9.17, 15) is 9.18 Å². The molecule has 3 nitrogen and oxygen atoms in total. The van der Waals surface area contributed by atoms with Crippen molar-refractivity contribution in [2.24, 2.45) is 5.92 Å². The van der Waals surface area contributed by atoms with Gasteiger partial charge in [-0.1, -0.05) is 17.7 Å². The highest BCUT2D eigenvalue weighted by molar-refractivity contribution is 6.30. The Morgan fingerprint density at radius 1 is 1.47 bits per heavy atom. The highest BCUT2D eigenvalue weighted by atomic mass is 35.5. The Balaban J connectivity index is 1.73. The number of hydrogen-bond donors (Lipinski definition) is 1. The molecule has 2 atom stereocenters. The second kappa shape index (κ2) is 5.10. The summed E-state index contributed by atoms with van der Waals surface area (Å²) in [6.07, 6.45) is 2.03. The van der Waals surface area contributed by atoms with Crippen LogP contribution >= 0.6 is 11.6 Å². The van der Waals surface area contributed by atoms with E-state index < -0.39 is 5.82 Å². The van der Waals surface area contributed by atoms with Crippen LogP contribution in [0.4, 0.5) is 4.39 Å². The number of fused-ring (bicyclic) bond motifs is 1. The third-order valence-electron chi connectivity index (χ3n) is 3.99. The first kappa shape index (κ1) is 12.9. The summed E-state index contributed by atoms with van der Waals surface area (Å²) in [6.45, 7) is 2.23. The van der Waals surface area contributed by atoms with Gasteiger partial charge in [0.2, 0.25) is 5.91 Å². The van der Waals surface area contributed by atoms with Crippen LogP contribution in [0.5, 0.6) is 0 Å². The Kier molecular flexibility index (Phi) is 3.46. The smallest absolute Gasteiger partial charge is 0.227 e. The Hall–Kier alpha value is -1.13. The summed E-state index contributed by atoms with van der Waals surface area (Å²) in [7, 11) is 0. The molecule has 0 aromatic heterocycles. The minimum Gasteiger partial charge on any atom is -0.336 e. The van der Waals surface area contributed by atoms with Crippen LogP contribution in [0, 0.1) is 11.7 Å². The number of carbonyl (C=O) groups is 1. The molecule has 2 heterocycles. The quantitative estimate of drug-likeness (QED) is 0.902. The second-order valence-corrected chi connectivity index (χ2v) is 5.68. The molecule has 2 fully saturated rings. The van der Waals surface area contributed by atoms with Crippen molar-refractivity contribution in [2.45, 2.75) is 25.4 Å². The molecule has 1 amide bonds. The van der Waals surface area contributed by atoms with Crippen LogP contribution in [0.25, 0.3) is 0 Å². The second-order valence-electron chi connectivity index (χ2n) is 5.28. The zero-order valence-electron chi connectivity index (χ0n) is 10.5. The molecular formula is C14H16ClFN2O. The number of likely N-dealkylation sites (tertiary alicyclic amines) is 1. The fourth-order valence-electron chi connectivity index (χ4n) is 3.00. The molecule has 3 rings (SSSR count). The van der Waals surface area contributed by atoms with Crippen LogP contribution < -0.4 is 5.32 Å². The van der Waals surface area contributed by atoms with E-state index in [2.05, 4.69) is 5.32 Å². The molecule has 0 aliphatic carbocycles. The molecule has 5 heteroatoms. The van der Waals surface area contributed by atoms with Crippen LogP contribution in [-0.2, 0) is 11.3 Å². The van der Waals surface area contributed by atoms with Gasteiger partial charge in [0, 0.05) is 19.1 Å². The number of rotatable bonds is 2. The normalized spacial score (nSPS) is 26.6. The molecule has 2 unspecified atom stereocenters. The topological polar surface area (TPSA) is 32.3 Å². The number of amides is 1. The van der Waals surface area contributed by atoms with Crippen molar-refractivity contribution >= 4 is 17.5 Å². The zero-order chi connectivity index (χ0) is 13.4. The van der Waals surface area contributed by atoms with Gasteiger partial charge in [-0.15, -0.1) is 0 Å². The minimum absolute atomic E-state index is 0.111. The molecule has 1 aromatic rings. The molecule has 0 spiro atoms. The molecule has 2 aliphatic heterocycles. The van der Waals surface area contributed by atoms with Crippen LogP contribution in [0.1, 0.15) is 18.4 Å². The van der Waals surface area contributed by atoms with E-state index in [4.69, 9.17) is 11.6 Å². The van der Waals surface area contributed by atoms with Crippen molar-refractivity contribution in [3.63, 3.8) is 0 Å². The van der Waals surface area contributed by atoms with E-state index in [-0.39, 0.29) is 22.9 Å². The van der Waals surface area contributed by atoms with Gasteiger partial charge >= 0.3 is 0 Å². The maximum atomic E-state index is 13.1. The van der Waals surface area contributed by atoms with Gasteiger partial charge in [-0.3, -0.25) is 4.79 Å². The first-order valence-corrected chi connectivity index (χ1v) is 6.99. The molecule has 0 bridgehead atoms. The Labute approximate surface area is 116 Å². The molecular weight excluding hydrogens is 267 g/mol. The maximum Gasteiger partial charge on any atom is 0.227 e. The molecule has 0 saturated carbocycles. The summed E-state index contributed by atoms with van der Waals surface area (Å²) in [5.74, 6) is -0.101. The predicted octanol–water partition coefficient (Wildman–Crippen LogP) is 2.19. The van der Waals surface area contributed by atoms with Gasteiger partial charge in [0.05, 0.1) is 10.9 Å². The van der Waals surface area contributed by atoms with Crippen molar-refractivity contribution in [3.05, 3.63) is 34.6 Å². The number of nitrogens with zero attached hydrogens (tertiary/aromatic N) is 1. The molecule has 2 aliphatic rings. The third-order valence-corrected chi connectivity index (χ3v) is 4.28. The summed E-state index contributed by atoms with van der Waals surface area (Å²) in [4.78, 5) is 14.1. The molecule has 19 heavy (non-hydrogen) atoms. The van der Waals surface area contributed by atoms with Gasteiger partial charge in [0.1, 0.15) is 5.82 Å². The average molecular weight is 283 g/mol. The van der Waals surface area contributed by atoms with Gasteiger partial charge in [-0.2, -0.15) is 0 Å². The lowest BCUT2D eigenvalue weighted by Crippen LogP contribution is -2.41. The SMILES string of the molecule is O=C1C2CCCNC2CN1Cc1ccc(F)c(Cl)c1. The van der Waals surface area contributed by atoms with Crippen molar-refractivity contribution < 1.29 is 9.18 Å². The number of halogens is 2. The van der Waals surface area contributed by atoms with E-state index >= 15 is 0 Å². The van der Waals surface area contributed by atoms with Crippen molar-refractivity contribution in [2.75, 3.05) is 13.1 Å².